The van der Waals surface area contributed by atoms with Gasteiger partial charge < -0.3 is 15.5 Å². The molecule has 0 spiro atoms. The molecule has 0 aliphatic heterocycles. The number of carboxylic acid groups (broad SMARTS) is 1. The molecule has 0 atom stereocenters. The molecule has 1 heterocycles. The Morgan fingerprint density at radius 2 is 1.66 bits per heavy atom. The average molecular weight is 479 g/mol. The first kappa shape index (κ1) is 23.4. The van der Waals surface area contributed by atoms with Crippen LogP contribution in [0, 0.1) is 0 Å². The van der Waals surface area contributed by atoms with Crippen LogP contribution in [0.1, 0.15) is 15.9 Å². The third-order valence-corrected chi connectivity index (χ3v) is 4.74. The van der Waals surface area contributed by atoms with Crippen LogP contribution in [0.15, 0.2) is 89.2 Å². The molecule has 11 heteroatoms. The van der Waals surface area contributed by atoms with Gasteiger partial charge in [0, 0.05) is 17.4 Å². The van der Waals surface area contributed by atoms with E-state index in [1.54, 1.807) is 30.3 Å². The first-order valence-electron chi connectivity index (χ1n) is 10.0. The van der Waals surface area contributed by atoms with Gasteiger partial charge >= 0.3 is 12.1 Å². The van der Waals surface area contributed by atoms with Crippen LogP contribution in [0.4, 0.5) is 36.2 Å². The number of phenols is 1. The van der Waals surface area contributed by atoms with Gasteiger partial charge in [-0.15, -0.1) is 0 Å². The summed E-state index contributed by atoms with van der Waals surface area (Å²) < 4.78 is 38.9. The molecule has 0 radical (unpaired) electrons. The molecule has 176 valence electrons. The molecule has 0 amide bonds. The monoisotopic (exact) mass is 479 g/mol. The largest absolute Gasteiger partial charge is 0.507 e. The fourth-order valence-electron chi connectivity index (χ4n) is 3.08. The van der Waals surface area contributed by atoms with E-state index < -0.39 is 17.7 Å². The van der Waals surface area contributed by atoms with Crippen LogP contribution in [0.5, 0.6) is 5.75 Å². The molecule has 0 fully saturated rings. The third kappa shape index (κ3) is 5.77. The Morgan fingerprint density at radius 1 is 0.914 bits per heavy atom. The summed E-state index contributed by atoms with van der Waals surface area (Å²) in [6.07, 6.45) is -3.00. The van der Waals surface area contributed by atoms with Crippen molar-refractivity contribution in [3.8, 4) is 17.0 Å². The first-order chi connectivity index (χ1) is 16.7. The molecule has 0 saturated heterocycles. The maximum Gasteiger partial charge on any atom is 0.416 e. The number of nitrogens with one attached hydrogen (secondary N) is 1. The van der Waals surface area contributed by atoms with E-state index in [0.717, 1.165) is 12.1 Å². The van der Waals surface area contributed by atoms with Crippen LogP contribution in [-0.2, 0) is 6.18 Å². The molecule has 35 heavy (non-hydrogen) atoms. The van der Waals surface area contributed by atoms with Crippen LogP contribution in [0.2, 0.25) is 0 Å². The zero-order valence-electron chi connectivity index (χ0n) is 17.7. The molecule has 4 aromatic rings. The van der Waals surface area contributed by atoms with Gasteiger partial charge in [-0.2, -0.15) is 23.4 Å². The number of carboxylic acids is 1. The number of benzene rings is 3. The summed E-state index contributed by atoms with van der Waals surface area (Å²) in [4.78, 5) is 19.6. The number of aromatic carboxylic acids is 1. The Bertz CT molecular complexity index is 1420. The van der Waals surface area contributed by atoms with Crippen molar-refractivity contribution in [3.63, 3.8) is 0 Å². The number of halogens is 3. The highest BCUT2D eigenvalue weighted by Crippen LogP contribution is 2.32. The minimum absolute atomic E-state index is 0.110. The number of azo groups is 1. The molecule has 1 aromatic heterocycles. The van der Waals surface area contributed by atoms with E-state index in [9.17, 15) is 23.1 Å². The molecule has 0 bridgehead atoms. The van der Waals surface area contributed by atoms with Crippen molar-refractivity contribution in [1.82, 2.24) is 9.97 Å². The van der Waals surface area contributed by atoms with Gasteiger partial charge in [0.05, 0.1) is 22.6 Å². The van der Waals surface area contributed by atoms with Gasteiger partial charge in [0.15, 0.2) is 0 Å². The Labute approximate surface area is 196 Å². The standard InChI is InChI=1S/C24H16F3N5O3/c25-24(26,27)15-4-2-5-16(12-15)29-23-28-10-9-20(30-23)14-3-1-6-17(11-14)31-32-18-7-8-21(33)19(13-18)22(34)35/h1-13,33H,(H,34,35)(H,28,29,30)/b32-31+. The number of aromatic nitrogens is 2. The zero-order valence-corrected chi connectivity index (χ0v) is 17.7. The highest BCUT2D eigenvalue weighted by atomic mass is 19.4. The SMILES string of the molecule is O=C(O)c1cc(/N=N/c2cccc(-c3ccnc(Nc4cccc(C(F)(F)F)c4)n3)c2)ccc1O. The summed E-state index contributed by atoms with van der Waals surface area (Å²) in [5, 5.41) is 29.6. The molecular formula is C24H16F3N5O3. The normalized spacial score (nSPS) is 11.5. The molecule has 0 unspecified atom stereocenters. The Hall–Kier alpha value is -4.80. The van der Waals surface area contributed by atoms with E-state index in [4.69, 9.17) is 5.11 Å². The smallest absolute Gasteiger partial charge is 0.416 e. The first-order valence-corrected chi connectivity index (χ1v) is 10.0. The van der Waals surface area contributed by atoms with Crippen LogP contribution >= 0.6 is 0 Å². The Balaban J connectivity index is 1.55. The summed E-state index contributed by atoms with van der Waals surface area (Å²) in [6, 6.07) is 17.0. The van der Waals surface area contributed by atoms with Crippen molar-refractivity contribution in [3.05, 3.63) is 90.1 Å². The van der Waals surface area contributed by atoms with Gasteiger partial charge in [-0.25, -0.2) is 14.8 Å². The second kappa shape index (κ2) is 9.59. The molecule has 3 aromatic carbocycles. The summed E-state index contributed by atoms with van der Waals surface area (Å²) in [7, 11) is 0. The lowest BCUT2D eigenvalue weighted by atomic mass is 10.1. The fraction of sp³-hybridized carbons (Fsp3) is 0.0417. The summed E-state index contributed by atoms with van der Waals surface area (Å²) >= 11 is 0. The number of alkyl halides is 3. The molecule has 4 rings (SSSR count). The number of hydrogen-bond donors (Lipinski definition) is 3. The van der Waals surface area contributed by atoms with Gasteiger partial charge in [-0.05, 0) is 54.6 Å². The number of nitrogens with zero attached hydrogens (tertiary/aromatic N) is 4. The van der Waals surface area contributed by atoms with Gasteiger partial charge in [-0.1, -0.05) is 18.2 Å². The number of carbonyl (C=O) groups is 1. The average Bonchev–Trinajstić information content (AvgIpc) is 2.83. The number of anilines is 2. The van der Waals surface area contributed by atoms with Gasteiger partial charge in [-0.3, -0.25) is 0 Å². The van der Waals surface area contributed by atoms with E-state index in [2.05, 4.69) is 25.5 Å². The number of aromatic hydroxyl groups is 1. The maximum atomic E-state index is 13.0. The predicted molar refractivity (Wildman–Crippen MR) is 121 cm³/mol. The molecule has 0 saturated carbocycles. The van der Waals surface area contributed by atoms with Crippen LogP contribution in [0.25, 0.3) is 11.3 Å². The van der Waals surface area contributed by atoms with Crippen molar-refractivity contribution in [1.29, 1.82) is 0 Å². The highest BCUT2D eigenvalue weighted by Gasteiger charge is 2.30. The minimum atomic E-state index is -4.47. The number of hydrogen-bond acceptors (Lipinski definition) is 7. The van der Waals surface area contributed by atoms with Crippen LogP contribution in [-0.4, -0.2) is 26.2 Å². The molecule has 0 aliphatic rings. The van der Waals surface area contributed by atoms with Crippen molar-refractivity contribution in [2.75, 3.05) is 5.32 Å². The van der Waals surface area contributed by atoms with E-state index in [1.165, 1.54) is 36.5 Å². The van der Waals surface area contributed by atoms with Gasteiger partial charge in [0.25, 0.3) is 0 Å². The lowest BCUT2D eigenvalue weighted by Gasteiger charge is -2.10. The van der Waals surface area contributed by atoms with Crippen molar-refractivity contribution >= 4 is 29.0 Å². The molecule has 0 aliphatic carbocycles. The molecule has 8 nitrogen and oxygen atoms in total. The fourth-order valence-corrected chi connectivity index (χ4v) is 3.08. The van der Waals surface area contributed by atoms with Crippen LogP contribution < -0.4 is 5.32 Å². The summed E-state index contributed by atoms with van der Waals surface area (Å²) in [6.45, 7) is 0. The quantitative estimate of drug-likeness (QED) is 0.264. The Morgan fingerprint density at radius 3 is 2.40 bits per heavy atom. The second-order valence-electron chi connectivity index (χ2n) is 7.23. The number of rotatable bonds is 6. The van der Waals surface area contributed by atoms with E-state index in [-0.39, 0.29) is 28.6 Å². The van der Waals surface area contributed by atoms with E-state index >= 15 is 0 Å². The third-order valence-electron chi connectivity index (χ3n) is 4.74. The van der Waals surface area contributed by atoms with E-state index in [1.807, 2.05) is 0 Å². The minimum Gasteiger partial charge on any atom is -0.507 e. The molecular weight excluding hydrogens is 463 g/mol. The summed E-state index contributed by atoms with van der Waals surface area (Å²) in [5.41, 5.74) is 0.919. The van der Waals surface area contributed by atoms with E-state index in [0.29, 0.717) is 16.9 Å². The lowest BCUT2D eigenvalue weighted by molar-refractivity contribution is -0.137. The zero-order chi connectivity index (χ0) is 25.0. The van der Waals surface area contributed by atoms with Crippen LogP contribution in [0.3, 0.4) is 0 Å². The topological polar surface area (TPSA) is 120 Å². The highest BCUT2D eigenvalue weighted by molar-refractivity contribution is 5.91. The van der Waals surface area contributed by atoms with Gasteiger partial charge in [0.2, 0.25) is 5.95 Å². The predicted octanol–water partition coefficient (Wildman–Crippen LogP) is 6.73. The van der Waals surface area contributed by atoms with Crippen molar-refractivity contribution in [2.24, 2.45) is 10.2 Å². The van der Waals surface area contributed by atoms with Crippen molar-refractivity contribution in [2.45, 2.75) is 6.18 Å². The Kier molecular flexibility index (Phi) is 6.40. The molecule has 3 N–H and O–H groups in total. The lowest BCUT2D eigenvalue weighted by Crippen LogP contribution is -2.05. The maximum absolute atomic E-state index is 13.0. The van der Waals surface area contributed by atoms with Gasteiger partial charge in [0.1, 0.15) is 11.3 Å². The second-order valence-corrected chi connectivity index (χ2v) is 7.23. The summed E-state index contributed by atoms with van der Waals surface area (Å²) in [5.74, 6) is -1.56. The van der Waals surface area contributed by atoms with Crippen molar-refractivity contribution < 1.29 is 28.2 Å².